The number of aryl methyl sites for hydroxylation is 1. The maximum absolute atomic E-state index is 5.77. The Balaban J connectivity index is 2.49. The predicted octanol–water partition coefficient (Wildman–Crippen LogP) is 3.31. The van der Waals surface area contributed by atoms with E-state index in [1.807, 2.05) is 13.0 Å². The molecule has 2 aromatic rings. The number of nitrogens with two attached hydrogens (primary N) is 1. The number of nitrogen functional groups attached to an aromatic ring is 1. The first kappa shape index (κ1) is 9.92. The van der Waals surface area contributed by atoms with Crippen LogP contribution in [-0.4, -0.2) is 4.98 Å². The van der Waals surface area contributed by atoms with Crippen LogP contribution in [0.15, 0.2) is 24.3 Å². The Morgan fingerprint density at radius 1 is 1.43 bits per heavy atom. The van der Waals surface area contributed by atoms with Crippen LogP contribution in [0.2, 0.25) is 0 Å². The molecule has 0 aliphatic rings. The van der Waals surface area contributed by atoms with Crippen LogP contribution in [-0.2, 0) is 0 Å². The lowest BCUT2D eigenvalue weighted by Gasteiger charge is -1.95. The van der Waals surface area contributed by atoms with Crippen molar-refractivity contribution in [3.63, 3.8) is 0 Å². The van der Waals surface area contributed by atoms with Gasteiger partial charge in [0.1, 0.15) is 10.0 Å². The van der Waals surface area contributed by atoms with Gasteiger partial charge in [-0.1, -0.05) is 23.5 Å². The topological polar surface area (TPSA) is 38.9 Å². The van der Waals surface area contributed by atoms with Crippen molar-refractivity contribution in [2.45, 2.75) is 6.92 Å². The van der Waals surface area contributed by atoms with E-state index in [1.165, 1.54) is 14.9 Å². The number of nitrogens with zero attached hydrogens (tertiary/aromatic N) is 1. The molecule has 0 radical (unpaired) electrons. The van der Waals surface area contributed by atoms with Gasteiger partial charge in [-0.15, -0.1) is 0 Å². The van der Waals surface area contributed by atoms with Crippen LogP contribution < -0.4 is 5.73 Å². The minimum Gasteiger partial charge on any atom is -0.389 e. The summed E-state index contributed by atoms with van der Waals surface area (Å²) in [6, 6.07) is 8.26. The van der Waals surface area contributed by atoms with Crippen molar-refractivity contribution in [3.8, 4) is 10.6 Å². The van der Waals surface area contributed by atoms with Gasteiger partial charge in [0.2, 0.25) is 0 Å². The minimum atomic E-state index is 0.805. The lowest BCUT2D eigenvalue weighted by Crippen LogP contribution is -1.81. The van der Waals surface area contributed by atoms with Gasteiger partial charge >= 0.3 is 0 Å². The van der Waals surface area contributed by atoms with E-state index in [2.05, 4.69) is 45.8 Å². The zero-order valence-corrected chi connectivity index (χ0v) is 10.6. The van der Waals surface area contributed by atoms with Gasteiger partial charge in [0, 0.05) is 9.13 Å². The summed E-state index contributed by atoms with van der Waals surface area (Å²) in [5.74, 6) is 0. The Morgan fingerprint density at radius 2 is 2.21 bits per heavy atom. The summed E-state index contributed by atoms with van der Waals surface area (Å²) in [5.41, 5.74) is 7.83. The zero-order chi connectivity index (χ0) is 10.1. The second-order valence-electron chi connectivity index (χ2n) is 2.98. The van der Waals surface area contributed by atoms with Crippen LogP contribution in [0.1, 0.15) is 5.69 Å². The Labute approximate surface area is 100 Å². The summed E-state index contributed by atoms with van der Waals surface area (Å²) in [6.07, 6.45) is 0. The fraction of sp³-hybridized carbons (Fsp3) is 0.100. The molecule has 0 saturated carbocycles. The molecule has 2 N–H and O–H groups in total. The SMILES string of the molecule is Cc1nc(-c2cccc(I)c2)sc1N. The van der Waals surface area contributed by atoms with Crippen molar-refractivity contribution in [2.75, 3.05) is 5.73 Å². The van der Waals surface area contributed by atoms with Crippen molar-refractivity contribution in [2.24, 2.45) is 0 Å². The molecule has 0 bridgehead atoms. The van der Waals surface area contributed by atoms with Gasteiger partial charge in [-0.25, -0.2) is 4.98 Å². The lowest BCUT2D eigenvalue weighted by atomic mass is 10.2. The Kier molecular flexibility index (Phi) is 2.73. The Hall–Kier alpha value is -0.620. The van der Waals surface area contributed by atoms with E-state index in [9.17, 15) is 0 Å². The molecule has 1 aromatic heterocycles. The van der Waals surface area contributed by atoms with Crippen LogP contribution in [0.3, 0.4) is 0 Å². The van der Waals surface area contributed by atoms with Crippen LogP contribution >= 0.6 is 33.9 Å². The quantitative estimate of drug-likeness (QED) is 0.820. The maximum Gasteiger partial charge on any atom is 0.125 e. The highest BCUT2D eigenvalue weighted by atomic mass is 127. The third kappa shape index (κ3) is 1.90. The van der Waals surface area contributed by atoms with E-state index >= 15 is 0 Å². The molecule has 0 fully saturated rings. The highest BCUT2D eigenvalue weighted by molar-refractivity contribution is 14.1. The molecule has 0 aliphatic heterocycles. The third-order valence-electron chi connectivity index (χ3n) is 1.90. The summed E-state index contributed by atoms with van der Waals surface area (Å²) in [7, 11) is 0. The van der Waals surface area contributed by atoms with E-state index in [0.717, 1.165) is 21.3 Å². The monoisotopic (exact) mass is 316 g/mol. The first-order valence-electron chi connectivity index (χ1n) is 4.15. The molecule has 1 aromatic carbocycles. The van der Waals surface area contributed by atoms with Crippen LogP contribution in [0, 0.1) is 10.5 Å². The highest BCUT2D eigenvalue weighted by Crippen LogP contribution is 2.29. The first-order chi connectivity index (χ1) is 6.66. The van der Waals surface area contributed by atoms with Gasteiger partial charge in [0.25, 0.3) is 0 Å². The largest absolute Gasteiger partial charge is 0.389 e. The van der Waals surface area contributed by atoms with E-state index in [4.69, 9.17) is 5.73 Å². The zero-order valence-electron chi connectivity index (χ0n) is 7.62. The molecule has 72 valence electrons. The molecular weight excluding hydrogens is 307 g/mol. The molecule has 2 nitrogen and oxygen atoms in total. The minimum absolute atomic E-state index is 0.805. The molecule has 0 unspecified atom stereocenters. The number of anilines is 1. The lowest BCUT2D eigenvalue weighted by molar-refractivity contribution is 1.27. The first-order valence-corrected chi connectivity index (χ1v) is 6.05. The van der Waals surface area contributed by atoms with E-state index in [1.54, 1.807) is 0 Å². The molecule has 1 heterocycles. The van der Waals surface area contributed by atoms with Gasteiger partial charge in [-0.2, -0.15) is 0 Å². The molecule has 0 amide bonds. The molecular formula is C10H9IN2S. The standard InChI is InChI=1S/C10H9IN2S/c1-6-9(12)14-10(13-6)7-3-2-4-8(11)5-7/h2-5H,12H2,1H3. The van der Waals surface area contributed by atoms with E-state index < -0.39 is 0 Å². The van der Waals surface area contributed by atoms with Crippen molar-refractivity contribution in [1.29, 1.82) is 0 Å². The van der Waals surface area contributed by atoms with Gasteiger partial charge in [0.15, 0.2) is 0 Å². The molecule has 0 atom stereocenters. The molecule has 0 spiro atoms. The Morgan fingerprint density at radius 3 is 2.79 bits per heavy atom. The number of hydrogen-bond acceptors (Lipinski definition) is 3. The number of thiazole rings is 1. The van der Waals surface area contributed by atoms with Crippen LogP contribution in [0.5, 0.6) is 0 Å². The van der Waals surface area contributed by atoms with Crippen LogP contribution in [0.4, 0.5) is 5.00 Å². The second-order valence-corrected chi connectivity index (χ2v) is 5.26. The van der Waals surface area contributed by atoms with Crippen molar-refractivity contribution < 1.29 is 0 Å². The van der Waals surface area contributed by atoms with Gasteiger partial charge in [-0.3, -0.25) is 0 Å². The fourth-order valence-corrected chi connectivity index (χ4v) is 2.53. The number of aromatic nitrogens is 1. The van der Waals surface area contributed by atoms with Crippen molar-refractivity contribution in [1.82, 2.24) is 4.98 Å². The van der Waals surface area contributed by atoms with Crippen LogP contribution in [0.25, 0.3) is 10.6 Å². The molecule has 2 rings (SSSR count). The number of halogens is 1. The average Bonchev–Trinajstić information content (AvgIpc) is 2.47. The summed E-state index contributed by atoms with van der Waals surface area (Å²) < 4.78 is 1.21. The Bertz CT molecular complexity index is 445. The van der Waals surface area contributed by atoms with Crippen molar-refractivity contribution >= 4 is 38.9 Å². The average molecular weight is 316 g/mol. The van der Waals surface area contributed by atoms with Gasteiger partial charge < -0.3 is 5.73 Å². The molecule has 0 aliphatic carbocycles. The number of rotatable bonds is 1. The van der Waals surface area contributed by atoms with Gasteiger partial charge in [0.05, 0.1) is 5.69 Å². The number of hydrogen-bond donors (Lipinski definition) is 1. The normalized spacial score (nSPS) is 10.4. The molecule has 0 saturated heterocycles. The van der Waals surface area contributed by atoms with Crippen molar-refractivity contribution in [3.05, 3.63) is 33.5 Å². The summed E-state index contributed by atoms with van der Waals surface area (Å²) in [4.78, 5) is 4.41. The van der Waals surface area contributed by atoms with E-state index in [0.29, 0.717) is 0 Å². The highest BCUT2D eigenvalue weighted by Gasteiger charge is 2.06. The summed E-state index contributed by atoms with van der Waals surface area (Å²) in [6.45, 7) is 1.93. The van der Waals surface area contributed by atoms with E-state index in [-0.39, 0.29) is 0 Å². The summed E-state index contributed by atoms with van der Waals surface area (Å²) >= 11 is 3.83. The molecule has 4 heteroatoms. The maximum atomic E-state index is 5.77. The van der Waals surface area contributed by atoms with Gasteiger partial charge in [-0.05, 0) is 41.6 Å². The smallest absolute Gasteiger partial charge is 0.125 e. The molecule has 14 heavy (non-hydrogen) atoms. The second kappa shape index (κ2) is 3.86. The summed E-state index contributed by atoms with van der Waals surface area (Å²) in [5, 5.41) is 1.80. The number of benzene rings is 1. The predicted molar refractivity (Wildman–Crippen MR) is 69.4 cm³/mol. The third-order valence-corrected chi connectivity index (χ3v) is 3.61. The fourth-order valence-electron chi connectivity index (χ4n) is 1.15.